The van der Waals surface area contributed by atoms with Crippen LogP contribution in [0.1, 0.15) is 20.8 Å². The van der Waals surface area contributed by atoms with Crippen LogP contribution in [0.5, 0.6) is 0 Å². The summed E-state index contributed by atoms with van der Waals surface area (Å²) in [5.41, 5.74) is -0.0309. The first-order valence-corrected chi connectivity index (χ1v) is 6.17. The van der Waals surface area contributed by atoms with Crippen LogP contribution >= 0.6 is 0 Å². The Bertz CT molecular complexity index is 436. The molecule has 0 fully saturated rings. The zero-order valence-corrected chi connectivity index (χ0v) is 10.7. The molecule has 0 aliphatic heterocycles. The summed E-state index contributed by atoms with van der Waals surface area (Å²) in [5, 5.41) is 18.8. The van der Waals surface area contributed by atoms with Crippen molar-refractivity contribution in [1.82, 2.24) is 0 Å². The number of carbonyl (C=O) groups is 1. The zero-order valence-electron chi connectivity index (χ0n) is 9.84. The lowest BCUT2D eigenvalue weighted by Crippen LogP contribution is -2.33. The van der Waals surface area contributed by atoms with Crippen LogP contribution in [0.2, 0.25) is 0 Å². The minimum Gasteiger partial charge on any atom is -0.441 e. The van der Waals surface area contributed by atoms with Crippen molar-refractivity contribution in [3.8, 4) is 0 Å². The van der Waals surface area contributed by atoms with Gasteiger partial charge < -0.3 is 5.11 Å². The molecule has 0 bridgehead atoms. The van der Waals surface area contributed by atoms with Gasteiger partial charge in [-0.25, -0.2) is 0 Å². The Morgan fingerprint density at radius 1 is 1.29 bits per heavy atom. The SMILES string of the molecule is CC(C)(C)[S+](C(=O)O)c1ccc([N+](=O)[O-])cc1. The first-order chi connectivity index (χ1) is 7.73. The minimum absolute atomic E-state index is 0.0309. The third-order valence-corrected chi connectivity index (χ3v) is 4.39. The van der Waals surface area contributed by atoms with Crippen LogP contribution < -0.4 is 0 Å². The van der Waals surface area contributed by atoms with E-state index in [-0.39, 0.29) is 5.69 Å². The van der Waals surface area contributed by atoms with Gasteiger partial charge in [0.05, 0.1) is 4.92 Å². The molecule has 0 heterocycles. The maximum atomic E-state index is 11.2. The van der Waals surface area contributed by atoms with E-state index in [0.717, 1.165) is 0 Å². The number of non-ortho nitro benzene ring substituents is 1. The summed E-state index contributed by atoms with van der Waals surface area (Å²) < 4.78 is -0.415. The summed E-state index contributed by atoms with van der Waals surface area (Å²) in [5.74, 6) is 0. The van der Waals surface area contributed by atoms with Crippen molar-refractivity contribution in [1.29, 1.82) is 0 Å². The summed E-state index contributed by atoms with van der Waals surface area (Å²) in [6.45, 7) is 5.52. The highest BCUT2D eigenvalue weighted by Crippen LogP contribution is 2.29. The molecule has 1 aromatic rings. The van der Waals surface area contributed by atoms with Gasteiger partial charge in [-0.05, 0) is 20.8 Å². The fourth-order valence-electron chi connectivity index (χ4n) is 1.42. The summed E-state index contributed by atoms with van der Waals surface area (Å²) in [4.78, 5) is 21.9. The Morgan fingerprint density at radius 2 is 1.76 bits per heavy atom. The molecule has 1 unspecified atom stereocenters. The maximum Gasteiger partial charge on any atom is 0.529 e. The Balaban J connectivity index is 3.13. The summed E-state index contributed by atoms with van der Waals surface area (Å²) in [7, 11) is -0.984. The third-order valence-electron chi connectivity index (χ3n) is 2.07. The summed E-state index contributed by atoms with van der Waals surface area (Å²) in [6, 6.07) is 5.70. The highest BCUT2D eigenvalue weighted by Gasteiger charge is 2.44. The molecule has 0 saturated carbocycles. The highest BCUT2D eigenvalue weighted by atomic mass is 32.2. The number of nitro benzene ring substituents is 1. The molecule has 0 spiro atoms. The second-order valence-electron chi connectivity index (χ2n) is 4.44. The van der Waals surface area contributed by atoms with Crippen LogP contribution in [0.25, 0.3) is 0 Å². The Morgan fingerprint density at radius 3 is 2.06 bits per heavy atom. The van der Waals surface area contributed by atoms with Crippen LogP contribution in [0, 0.1) is 10.1 Å². The van der Waals surface area contributed by atoms with Gasteiger partial charge in [-0.15, -0.1) is 0 Å². The fourth-order valence-corrected chi connectivity index (χ4v) is 3.26. The van der Waals surface area contributed by atoms with Crippen molar-refractivity contribution >= 4 is 21.9 Å². The van der Waals surface area contributed by atoms with Gasteiger partial charge in [0.1, 0.15) is 15.6 Å². The van der Waals surface area contributed by atoms with E-state index in [1.807, 2.05) is 20.8 Å². The number of nitro groups is 1. The third kappa shape index (κ3) is 3.20. The molecule has 1 rings (SSSR count). The van der Waals surface area contributed by atoms with E-state index < -0.39 is 25.9 Å². The van der Waals surface area contributed by atoms with E-state index in [4.69, 9.17) is 0 Å². The number of rotatable bonds is 2. The van der Waals surface area contributed by atoms with Crippen LogP contribution in [-0.4, -0.2) is 20.1 Å². The van der Waals surface area contributed by atoms with E-state index in [1.165, 1.54) is 24.3 Å². The lowest BCUT2D eigenvalue weighted by Gasteiger charge is -2.16. The molecular formula is C11H14NO4S+. The predicted molar refractivity (Wildman–Crippen MR) is 66.5 cm³/mol. The van der Waals surface area contributed by atoms with Crippen LogP contribution in [0.3, 0.4) is 0 Å². The van der Waals surface area contributed by atoms with E-state index in [1.54, 1.807) is 0 Å². The van der Waals surface area contributed by atoms with Crippen molar-refractivity contribution in [3.05, 3.63) is 34.4 Å². The van der Waals surface area contributed by atoms with E-state index in [0.29, 0.717) is 4.90 Å². The van der Waals surface area contributed by atoms with Gasteiger partial charge in [-0.2, -0.15) is 4.79 Å². The number of carboxylic acid groups (broad SMARTS) is 1. The normalized spacial score (nSPS) is 13.1. The second-order valence-corrected chi connectivity index (χ2v) is 7.09. The van der Waals surface area contributed by atoms with Crippen molar-refractivity contribution < 1.29 is 14.8 Å². The largest absolute Gasteiger partial charge is 0.529 e. The molecule has 1 atom stereocenters. The van der Waals surface area contributed by atoms with Crippen molar-refractivity contribution in [3.63, 3.8) is 0 Å². The van der Waals surface area contributed by atoms with E-state index in [2.05, 4.69) is 0 Å². The average Bonchev–Trinajstić information content (AvgIpc) is 2.15. The number of nitrogens with zero attached hydrogens (tertiary/aromatic N) is 1. The minimum atomic E-state index is -0.984. The average molecular weight is 256 g/mol. The molecule has 0 aromatic heterocycles. The van der Waals surface area contributed by atoms with Gasteiger partial charge in [0, 0.05) is 24.3 Å². The number of hydrogen-bond acceptors (Lipinski definition) is 3. The Kier molecular flexibility index (Phi) is 3.77. The van der Waals surface area contributed by atoms with Gasteiger partial charge in [-0.3, -0.25) is 10.1 Å². The topological polar surface area (TPSA) is 80.4 Å². The summed E-state index contributed by atoms with van der Waals surface area (Å²) >= 11 is 0. The second kappa shape index (κ2) is 4.75. The molecule has 5 nitrogen and oxygen atoms in total. The lowest BCUT2D eigenvalue weighted by atomic mass is 10.3. The molecule has 1 aromatic carbocycles. The molecule has 6 heteroatoms. The number of hydrogen-bond donors (Lipinski definition) is 1. The molecule has 0 aliphatic rings. The summed E-state index contributed by atoms with van der Waals surface area (Å²) in [6.07, 6.45) is 0. The molecule has 0 aliphatic carbocycles. The Hall–Kier alpha value is -1.56. The van der Waals surface area contributed by atoms with E-state index in [9.17, 15) is 20.0 Å². The molecule has 0 saturated heterocycles. The molecule has 17 heavy (non-hydrogen) atoms. The molecule has 0 radical (unpaired) electrons. The van der Waals surface area contributed by atoms with Crippen LogP contribution in [0.4, 0.5) is 10.5 Å². The number of benzene rings is 1. The van der Waals surface area contributed by atoms with Gasteiger partial charge >= 0.3 is 5.30 Å². The Labute approximate surface area is 102 Å². The first-order valence-electron chi connectivity index (χ1n) is 4.95. The first kappa shape index (κ1) is 13.5. The maximum absolute atomic E-state index is 11.2. The van der Waals surface area contributed by atoms with Crippen LogP contribution in [-0.2, 0) is 10.9 Å². The predicted octanol–water partition coefficient (Wildman–Crippen LogP) is 3.05. The molecule has 92 valence electrons. The lowest BCUT2D eigenvalue weighted by molar-refractivity contribution is -0.384. The van der Waals surface area contributed by atoms with Crippen molar-refractivity contribution in [2.24, 2.45) is 0 Å². The highest BCUT2D eigenvalue weighted by molar-refractivity contribution is 8.11. The quantitative estimate of drug-likeness (QED) is 0.501. The van der Waals surface area contributed by atoms with Crippen LogP contribution in [0.15, 0.2) is 29.2 Å². The monoisotopic (exact) mass is 256 g/mol. The molecular weight excluding hydrogens is 242 g/mol. The van der Waals surface area contributed by atoms with E-state index >= 15 is 0 Å². The molecule has 0 amide bonds. The van der Waals surface area contributed by atoms with Crippen molar-refractivity contribution in [2.75, 3.05) is 0 Å². The zero-order chi connectivity index (χ0) is 13.2. The van der Waals surface area contributed by atoms with Gasteiger partial charge in [0.25, 0.3) is 5.69 Å². The van der Waals surface area contributed by atoms with Crippen molar-refractivity contribution in [2.45, 2.75) is 30.4 Å². The standard InChI is InChI=1S/C11H13NO4S/c1-11(2,3)17(10(13)14)9-6-4-8(5-7-9)12(15)16/h4-7H,1-3H3/p+1. The van der Waals surface area contributed by atoms with Gasteiger partial charge in [-0.1, -0.05) is 0 Å². The molecule has 1 N–H and O–H groups in total. The van der Waals surface area contributed by atoms with Gasteiger partial charge in [0.15, 0.2) is 4.90 Å². The smallest absolute Gasteiger partial charge is 0.441 e. The van der Waals surface area contributed by atoms with Gasteiger partial charge in [0.2, 0.25) is 0 Å². The fraction of sp³-hybridized carbons (Fsp3) is 0.364.